The molecule has 0 atom stereocenters. The van der Waals surface area contributed by atoms with Gasteiger partial charge in [0.15, 0.2) is 0 Å². The van der Waals surface area contributed by atoms with Crippen LogP contribution in [0.4, 0.5) is 0 Å². The van der Waals surface area contributed by atoms with Crippen molar-refractivity contribution in [1.29, 1.82) is 0 Å². The highest BCUT2D eigenvalue weighted by molar-refractivity contribution is 9.10. The fraction of sp³-hybridized carbons (Fsp3) is 0.227. The summed E-state index contributed by atoms with van der Waals surface area (Å²) in [6.07, 6.45) is 6.03. The van der Waals surface area contributed by atoms with Crippen molar-refractivity contribution in [1.82, 2.24) is 4.90 Å². The van der Waals surface area contributed by atoms with E-state index in [0.29, 0.717) is 13.2 Å². The number of nitrogens with zero attached hydrogens (tertiary/aromatic N) is 2. The summed E-state index contributed by atoms with van der Waals surface area (Å²) < 4.78 is 6.88. The summed E-state index contributed by atoms with van der Waals surface area (Å²) in [7, 11) is 2.06. The maximum absolute atomic E-state index is 5.84. The first-order valence-electron chi connectivity index (χ1n) is 8.84. The summed E-state index contributed by atoms with van der Waals surface area (Å²) in [5, 5.41) is 4.26. The average molecular weight is 427 g/mol. The molecular weight excluding hydrogens is 404 g/mol. The molecule has 1 heterocycles. The van der Waals surface area contributed by atoms with Crippen LogP contribution in [0, 0.1) is 0 Å². The van der Waals surface area contributed by atoms with Gasteiger partial charge >= 0.3 is 0 Å². The predicted octanol–water partition coefficient (Wildman–Crippen LogP) is 4.78. The van der Waals surface area contributed by atoms with Crippen molar-refractivity contribution >= 4 is 21.6 Å². The molecule has 2 aromatic carbocycles. The first-order chi connectivity index (χ1) is 13.2. The molecule has 0 unspecified atom stereocenters. The van der Waals surface area contributed by atoms with Crippen LogP contribution in [0.3, 0.4) is 0 Å². The standard InChI is InChI=1S/C22H23BrN2O2/c1-3-12-25(2)13-4-5-14-26-20-10-11-21-18(15-20)16-27-24-22(21)17-6-8-19(23)9-7-17/h3-11,15H,1,12-14,16H2,2H3. The van der Waals surface area contributed by atoms with Gasteiger partial charge in [0.1, 0.15) is 24.7 Å². The van der Waals surface area contributed by atoms with Gasteiger partial charge in [-0.3, -0.25) is 4.90 Å². The van der Waals surface area contributed by atoms with Crippen molar-refractivity contribution < 1.29 is 9.57 Å². The molecule has 2 aromatic rings. The largest absolute Gasteiger partial charge is 0.490 e. The van der Waals surface area contributed by atoms with Crippen LogP contribution in [0.15, 0.2) is 76.9 Å². The van der Waals surface area contributed by atoms with Crippen LogP contribution in [0.25, 0.3) is 0 Å². The zero-order valence-corrected chi connectivity index (χ0v) is 17.0. The number of likely N-dealkylation sites (N-methyl/N-ethyl adjacent to an activating group) is 1. The molecule has 0 aliphatic carbocycles. The number of hydrogen-bond donors (Lipinski definition) is 0. The molecule has 0 radical (unpaired) electrons. The third-order valence-electron chi connectivity index (χ3n) is 4.20. The lowest BCUT2D eigenvalue weighted by atomic mass is 9.97. The second kappa shape index (κ2) is 9.53. The zero-order valence-electron chi connectivity index (χ0n) is 15.4. The minimum atomic E-state index is 0.453. The predicted molar refractivity (Wildman–Crippen MR) is 113 cm³/mol. The van der Waals surface area contributed by atoms with Gasteiger partial charge in [0.25, 0.3) is 0 Å². The Hall–Kier alpha value is -2.37. The van der Waals surface area contributed by atoms with Crippen LogP contribution in [-0.2, 0) is 11.4 Å². The Morgan fingerprint density at radius 1 is 1.19 bits per heavy atom. The van der Waals surface area contributed by atoms with Gasteiger partial charge in [-0.2, -0.15) is 0 Å². The average Bonchev–Trinajstić information content (AvgIpc) is 2.68. The summed E-state index contributed by atoms with van der Waals surface area (Å²) in [6, 6.07) is 14.1. The molecule has 0 fully saturated rings. The maximum Gasteiger partial charge on any atom is 0.143 e. The van der Waals surface area contributed by atoms with Crippen LogP contribution < -0.4 is 4.74 Å². The second-order valence-corrected chi connectivity index (χ2v) is 7.25. The van der Waals surface area contributed by atoms with Crippen LogP contribution >= 0.6 is 15.9 Å². The van der Waals surface area contributed by atoms with Gasteiger partial charge in [-0.25, -0.2) is 0 Å². The number of ether oxygens (including phenoxy) is 1. The van der Waals surface area contributed by atoms with Crippen LogP contribution in [0.2, 0.25) is 0 Å². The van der Waals surface area contributed by atoms with Gasteiger partial charge in [0.05, 0.1) is 0 Å². The summed E-state index contributed by atoms with van der Waals surface area (Å²) >= 11 is 3.46. The number of hydrogen-bond acceptors (Lipinski definition) is 4. The van der Waals surface area contributed by atoms with Gasteiger partial charge in [-0.05, 0) is 37.4 Å². The van der Waals surface area contributed by atoms with Crippen LogP contribution in [0.5, 0.6) is 5.75 Å². The van der Waals surface area contributed by atoms with Crippen LogP contribution in [-0.4, -0.2) is 37.4 Å². The van der Waals surface area contributed by atoms with Crippen molar-refractivity contribution in [2.24, 2.45) is 5.16 Å². The van der Waals surface area contributed by atoms with Gasteiger partial charge < -0.3 is 9.57 Å². The minimum Gasteiger partial charge on any atom is -0.490 e. The van der Waals surface area contributed by atoms with Gasteiger partial charge in [-0.15, -0.1) is 6.58 Å². The van der Waals surface area contributed by atoms with E-state index in [2.05, 4.69) is 51.8 Å². The highest BCUT2D eigenvalue weighted by atomic mass is 79.9. The molecule has 0 amide bonds. The van der Waals surface area contributed by atoms with Crippen molar-refractivity contribution in [2.45, 2.75) is 6.61 Å². The molecule has 3 rings (SSSR count). The van der Waals surface area contributed by atoms with Crippen LogP contribution in [0.1, 0.15) is 16.7 Å². The molecule has 1 aliphatic heterocycles. The van der Waals surface area contributed by atoms with Gasteiger partial charge in [0.2, 0.25) is 0 Å². The van der Waals surface area contributed by atoms with E-state index >= 15 is 0 Å². The Balaban J connectivity index is 1.63. The lowest BCUT2D eigenvalue weighted by Crippen LogP contribution is -2.17. The fourth-order valence-corrected chi connectivity index (χ4v) is 3.07. The topological polar surface area (TPSA) is 34.1 Å². The van der Waals surface area contributed by atoms with Crippen molar-refractivity contribution in [3.8, 4) is 5.75 Å². The Kier molecular flexibility index (Phi) is 6.85. The highest BCUT2D eigenvalue weighted by Crippen LogP contribution is 2.26. The summed E-state index contributed by atoms with van der Waals surface area (Å²) in [4.78, 5) is 7.60. The summed E-state index contributed by atoms with van der Waals surface area (Å²) in [6.45, 7) is 6.48. The first kappa shape index (κ1) is 19.4. The minimum absolute atomic E-state index is 0.453. The summed E-state index contributed by atoms with van der Waals surface area (Å²) in [5.74, 6) is 0.832. The Labute approximate surface area is 168 Å². The zero-order chi connectivity index (χ0) is 19.1. The molecule has 140 valence electrons. The lowest BCUT2D eigenvalue weighted by Gasteiger charge is -2.18. The molecule has 0 spiro atoms. The Morgan fingerprint density at radius 2 is 2.00 bits per heavy atom. The lowest BCUT2D eigenvalue weighted by molar-refractivity contribution is 0.126. The van der Waals surface area contributed by atoms with E-state index < -0.39 is 0 Å². The molecule has 5 heteroatoms. The molecule has 0 aromatic heterocycles. The van der Waals surface area contributed by atoms with Crippen molar-refractivity contribution in [3.63, 3.8) is 0 Å². The molecule has 4 nitrogen and oxygen atoms in total. The smallest absolute Gasteiger partial charge is 0.143 e. The summed E-state index contributed by atoms with van der Waals surface area (Å²) in [5.41, 5.74) is 4.03. The molecular formula is C22H23BrN2O2. The van der Waals surface area contributed by atoms with E-state index in [1.165, 1.54) is 0 Å². The Morgan fingerprint density at radius 3 is 2.78 bits per heavy atom. The number of halogens is 1. The second-order valence-electron chi connectivity index (χ2n) is 6.33. The third kappa shape index (κ3) is 5.31. The SMILES string of the molecule is C=CCN(C)CC=CCOc1ccc2c(c1)CON=C2c1ccc(Br)cc1. The van der Waals surface area contributed by atoms with Crippen molar-refractivity contribution in [3.05, 3.63) is 88.4 Å². The van der Waals surface area contributed by atoms with E-state index in [4.69, 9.17) is 9.57 Å². The van der Waals surface area contributed by atoms with E-state index in [1.807, 2.05) is 48.6 Å². The molecule has 1 aliphatic rings. The fourth-order valence-electron chi connectivity index (χ4n) is 2.80. The molecule has 0 bridgehead atoms. The molecule has 0 saturated carbocycles. The third-order valence-corrected chi connectivity index (χ3v) is 4.72. The number of oxime groups is 1. The van der Waals surface area contributed by atoms with Gasteiger partial charge in [0, 0.05) is 34.3 Å². The number of benzene rings is 2. The monoisotopic (exact) mass is 426 g/mol. The van der Waals surface area contributed by atoms with E-state index in [0.717, 1.165) is 45.7 Å². The quantitative estimate of drug-likeness (QED) is 0.569. The molecule has 27 heavy (non-hydrogen) atoms. The Bertz CT molecular complexity index is 844. The normalized spacial score (nSPS) is 13.2. The number of fused-ring (bicyclic) bond motifs is 1. The van der Waals surface area contributed by atoms with E-state index in [9.17, 15) is 0 Å². The first-order valence-corrected chi connectivity index (χ1v) is 9.63. The molecule has 0 saturated heterocycles. The van der Waals surface area contributed by atoms with Gasteiger partial charge in [-0.1, -0.05) is 51.4 Å². The van der Waals surface area contributed by atoms with Crippen molar-refractivity contribution in [2.75, 3.05) is 26.7 Å². The van der Waals surface area contributed by atoms with E-state index in [1.54, 1.807) is 0 Å². The van der Waals surface area contributed by atoms with E-state index in [-0.39, 0.29) is 0 Å². The molecule has 0 N–H and O–H groups in total. The number of rotatable bonds is 8. The maximum atomic E-state index is 5.84. The highest BCUT2D eigenvalue weighted by Gasteiger charge is 2.18.